The molecule has 2 saturated carbocycles. The molecule has 0 bridgehead atoms. The van der Waals surface area contributed by atoms with Crippen molar-refractivity contribution in [2.45, 2.75) is 133 Å². The molecule has 1 aromatic carbocycles. The van der Waals surface area contributed by atoms with Gasteiger partial charge in [-0.2, -0.15) is 5.26 Å². The zero-order chi connectivity index (χ0) is 34.1. The van der Waals surface area contributed by atoms with Crippen LogP contribution in [-0.2, 0) is 20.7 Å². The van der Waals surface area contributed by atoms with Crippen molar-refractivity contribution in [1.29, 1.82) is 5.26 Å². The Hall–Kier alpha value is -2.81. The van der Waals surface area contributed by atoms with E-state index in [-0.39, 0.29) is 36.2 Å². The number of hydrogen-bond acceptors (Lipinski definition) is 9. The van der Waals surface area contributed by atoms with E-state index < -0.39 is 18.0 Å². The van der Waals surface area contributed by atoms with E-state index >= 15 is 4.79 Å². The van der Waals surface area contributed by atoms with Crippen molar-refractivity contribution in [2.24, 2.45) is 5.92 Å². The molecule has 7 rings (SSSR count). The monoisotopic (exact) mass is 672 g/mol. The first-order valence-corrected chi connectivity index (χ1v) is 19.0. The number of hydrogen-bond donors (Lipinski definition) is 1. The number of nitrogens with one attached hydrogen (secondary N) is 1. The summed E-state index contributed by atoms with van der Waals surface area (Å²) in [6.45, 7) is 9.36. The van der Waals surface area contributed by atoms with Gasteiger partial charge in [0.1, 0.15) is 5.75 Å². The summed E-state index contributed by atoms with van der Waals surface area (Å²) >= 11 is 0. The normalized spacial score (nSPS) is 34.9. The Morgan fingerprint density at radius 1 is 1.10 bits per heavy atom. The maximum Gasteiger partial charge on any atom is 0.246 e. The highest BCUT2D eigenvalue weighted by molar-refractivity contribution is 5.94. The molecule has 0 radical (unpaired) electrons. The topological polar surface area (TPSA) is 101 Å². The SMILES string of the molecule is C=CC(=O)N1CCN(C2C3CC[C@@]4(CCc5c(C)cccc5O4)C(=O)C3NC(OCC3CCCN3C)N2C2CCCCCC2)CC1CC#N. The summed E-state index contributed by atoms with van der Waals surface area (Å²) < 4.78 is 13.8. The van der Waals surface area contributed by atoms with Crippen LogP contribution < -0.4 is 10.1 Å². The summed E-state index contributed by atoms with van der Waals surface area (Å²) in [6, 6.07) is 8.56. The number of carbonyl (C=O) groups excluding carboxylic acids is 2. The molecule has 4 heterocycles. The number of nitriles is 1. The lowest BCUT2D eigenvalue weighted by Gasteiger charge is -2.60. The molecule has 0 aromatic heterocycles. The Morgan fingerprint density at radius 2 is 1.92 bits per heavy atom. The van der Waals surface area contributed by atoms with Gasteiger partial charge in [-0.25, -0.2) is 4.90 Å². The maximum atomic E-state index is 15.0. The summed E-state index contributed by atoms with van der Waals surface area (Å²) in [6.07, 6.45) is 13.6. The van der Waals surface area contributed by atoms with E-state index in [2.05, 4.69) is 52.7 Å². The number of aryl methyl sites for hydroxylation is 1. The molecule has 6 aliphatic rings. The molecule has 2 aliphatic carbocycles. The standard InChI is InChI=1S/C39H56N6O4/c1-4-34(46)44-24-23-43(25-29(44)18-21-40)37-32-17-20-39(19-16-31-27(2)11-9-15-33(31)49-39)36(47)35(32)41-38(48-26-30-14-10-22-42(30)3)45(37)28-12-7-5-6-8-13-28/h4,9,11,15,28-30,32,35,37-38,41H,1,5-8,10,12-14,16-20,22-26H2,2-3H3/t29?,30?,32?,35?,37?,38?,39-/m0/s1. The summed E-state index contributed by atoms with van der Waals surface area (Å²) in [5, 5.41) is 13.7. The molecule has 4 aliphatic heterocycles. The van der Waals surface area contributed by atoms with Gasteiger partial charge in [-0.1, -0.05) is 44.4 Å². The summed E-state index contributed by atoms with van der Waals surface area (Å²) in [4.78, 5) is 37.2. The summed E-state index contributed by atoms with van der Waals surface area (Å²) in [5.74, 6) is 0.916. The number of ether oxygens (including phenoxy) is 2. The van der Waals surface area contributed by atoms with E-state index in [1.165, 1.54) is 49.3 Å². The summed E-state index contributed by atoms with van der Waals surface area (Å²) in [5.41, 5.74) is 1.59. The first kappa shape index (κ1) is 34.6. The van der Waals surface area contributed by atoms with Gasteiger partial charge >= 0.3 is 0 Å². The molecule has 10 heteroatoms. The van der Waals surface area contributed by atoms with E-state index in [1.54, 1.807) is 0 Å². The fraction of sp³-hybridized carbons (Fsp3) is 0.718. The number of likely N-dealkylation sites (tertiary alicyclic amines) is 1. The minimum atomic E-state index is -0.849. The van der Waals surface area contributed by atoms with Gasteiger partial charge in [0, 0.05) is 37.6 Å². The van der Waals surface area contributed by atoms with Crippen molar-refractivity contribution in [2.75, 3.05) is 39.8 Å². The second-order valence-corrected chi connectivity index (χ2v) is 15.6. The highest BCUT2D eigenvalue weighted by Crippen LogP contribution is 2.47. The van der Waals surface area contributed by atoms with Gasteiger partial charge in [0.25, 0.3) is 0 Å². The van der Waals surface area contributed by atoms with Crippen molar-refractivity contribution >= 4 is 11.7 Å². The van der Waals surface area contributed by atoms with Gasteiger partial charge < -0.3 is 19.3 Å². The van der Waals surface area contributed by atoms with Crippen LogP contribution in [0.25, 0.3) is 0 Å². The van der Waals surface area contributed by atoms with Gasteiger partial charge in [-0.15, -0.1) is 0 Å². The van der Waals surface area contributed by atoms with Crippen molar-refractivity contribution in [3.63, 3.8) is 0 Å². The quantitative estimate of drug-likeness (QED) is 0.335. The van der Waals surface area contributed by atoms with Gasteiger partial charge in [-0.3, -0.25) is 19.8 Å². The van der Waals surface area contributed by atoms with Crippen LogP contribution >= 0.6 is 0 Å². The first-order chi connectivity index (χ1) is 23.8. The van der Waals surface area contributed by atoms with Crippen molar-refractivity contribution in [1.82, 2.24) is 24.9 Å². The van der Waals surface area contributed by atoms with E-state index in [0.717, 1.165) is 44.4 Å². The molecule has 1 spiro atoms. The van der Waals surface area contributed by atoms with Crippen LogP contribution in [-0.4, -0.2) is 113 Å². The molecule has 5 fully saturated rings. The van der Waals surface area contributed by atoms with E-state index in [4.69, 9.17) is 9.47 Å². The number of Topliss-reactive ketones (excluding diaryl/α,β-unsaturated/α-hetero) is 1. The summed E-state index contributed by atoms with van der Waals surface area (Å²) in [7, 11) is 2.19. The Balaban J connectivity index is 1.24. The number of rotatable bonds is 7. The smallest absolute Gasteiger partial charge is 0.246 e. The maximum absolute atomic E-state index is 15.0. The predicted octanol–water partition coefficient (Wildman–Crippen LogP) is 4.37. The van der Waals surface area contributed by atoms with Crippen LogP contribution in [0.5, 0.6) is 5.75 Å². The number of benzene rings is 1. The highest BCUT2D eigenvalue weighted by atomic mass is 16.5. The van der Waals surface area contributed by atoms with Crippen LogP contribution in [0.15, 0.2) is 30.9 Å². The molecule has 10 nitrogen and oxygen atoms in total. The molecule has 1 amide bonds. The molecule has 1 N–H and O–H groups in total. The van der Waals surface area contributed by atoms with Crippen LogP contribution in [0.4, 0.5) is 0 Å². The lowest BCUT2D eigenvalue weighted by molar-refractivity contribution is -0.218. The fourth-order valence-electron chi connectivity index (χ4n) is 10.1. The van der Waals surface area contributed by atoms with Crippen molar-refractivity contribution in [3.05, 3.63) is 42.0 Å². The van der Waals surface area contributed by atoms with Crippen molar-refractivity contribution < 1.29 is 19.1 Å². The molecule has 7 atom stereocenters. The largest absolute Gasteiger partial charge is 0.479 e. The molecular formula is C39H56N6O4. The highest BCUT2D eigenvalue weighted by Gasteiger charge is 2.59. The number of amides is 1. The van der Waals surface area contributed by atoms with Gasteiger partial charge in [0.15, 0.2) is 17.7 Å². The van der Waals surface area contributed by atoms with E-state index in [1.807, 2.05) is 17.0 Å². The number of carbonyl (C=O) groups is 2. The Bertz CT molecular complexity index is 1420. The number of piperazine rings is 1. The minimum absolute atomic E-state index is 0.0299. The number of nitrogens with zero attached hydrogens (tertiary/aromatic N) is 5. The Kier molecular flexibility index (Phi) is 10.5. The van der Waals surface area contributed by atoms with E-state index in [0.29, 0.717) is 51.2 Å². The lowest BCUT2D eigenvalue weighted by Crippen LogP contribution is -2.78. The number of likely N-dealkylation sites (N-methyl/N-ethyl adjacent to an activating group) is 1. The van der Waals surface area contributed by atoms with Crippen LogP contribution in [0, 0.1) is 24.2 Å². The van der Waals surface area contributed by atoms with Crippen LogP contribution in [0.2, 0.25) is 0 Å². The third-order valence-corrected chi connectivity index (χ3v) is 12.8. The lowest BCUT2D eigenvalue weighted by atomic mass is 9.68. The van der Waals surface area contributed by atoms with Gasteiger partial charge in [0.2, 0.25) is 5.91 Å². The molecule has 3 saturated heterocycles. The molecular weight excluding hydrogens is 616 g/mol. The Morgan fingerprint density at radius 3 is 2.65 bits per heavy atom. The predicted molar refractivity (Wildman–Crippen MR) is 188 cm³/mol. The van der Waals surface area contributed by atoms with Crippen LogP contribution in [0.3, 0.4) is 0 Å². The third kappa shape index (κ3) is 6.70. The Labute approximate surface area is 292 Å². The van der Waals surface area contributed by atoms with Gasteiger partial charge in [-0.05, 0) is 95.2 Å². The minimum Gasteiger partial charge on any atom is -0.479 e. The molecule has 1 aromatic rings. The zero-order valence-electron chi connectivity index (χ0n) is 29.7. The van der Waals surface area contributed by atoms with Gasteiger partial charge in [0.05, 0.1) is 37.3 Å². The third-order valence-electron chi connectivity index (χ3n) is 12.8. The number of fused-ring (bicyclic) bond motifs is 2. The number of ketones is 1. The average molecular weight is 673 g/mol. The zero-order valence-corrected chi connectivity index (χ0v) is 29.7. The van der Waals surface area contributed by atoms with Crippen LogP contribution in [0.1, 0.15) is 88.2 Å². The molecule has 49 heavy (non-hydrogen) atoms. The molecule has 6 unspecified atom stereocenters. The van der Waals surface area contributed by atoms with E-state index in [9.17, 15) is 10.1 Å². The average Bonchev–Trinajstić information content (AvgIpc) is 3.34. The fourth-order valence-corrected chi connectivity index (χ4v) is 10.1. The second-order valence-electron chi connectivity index (χ2n) is 15.6. The molecule has 266 valence electrons. The second kappa shape index (κ2) is 14.8. The first-order valence-electron chi connectivity index (χ1n) is 19.0. The van der Waals surface area contributed by atoms with Crippen molar-refractivity contribution in [3.8, 4) is 11.8 Å².